The van der Waals surface area contributed by atoms with Crippen molar-refractivity contribution in [3.8, 4) is 0 Å². The number of nitrogens with zero attached hydrogens (tertiary/aromatic N) is 1. The average Bonchev–Trinajstić information content (AvgIpc) is 2.34. The lowest BCUT2D eigenvalue weighted by Crippen LogP contribution is -2.22. The second-order valence-electron chi connectivity index (χ2n) is 3.33. The molecule has 5 nitrogen and oxygen atoms in total. The number of ether oxygens (including phenoxy) is 1. The number of hydrogen-bond acceptors (Lipinski definition) is 3. The molecule has 0 bridgehead atoms. The molecule has 0 saturated carbocycles. The third-order valence-corrected chi connectivity index (χ3v) is 1.97. The fraction of sp³-hybridized carbons (Fsp3) is 0.167. The summed E-state index contributed by atoms with van der Waals surface area (Å²) in [6, 6.07) is 6.89. The zero-order chi connectivity index (χ0) is 12.7. The van der Waals surface area contributed by atoms with E-state index < -0.39 is 0 Å². The van der Waals surface area contributed by atoms with Gasteiger partial charge in [0.1, 0.15) is 6.61 Å². The molecule has 0 unspecified atom stereocenters. The summed E-state index contributed by atoms with van der Waals surface area (Å²) in [5, 5.41) is 0. The lowest BCUT2D eigenvalue weighted by molar-refractivity contribution is 0.0550. The first-order valence-electron chi connectivity index (χ1n) is 5.06. The highest BCUT2D eigenvalue weighted by atomic mass is 16.5. The normalized spacial score (nSPS) is 9.41. The average molecular weight is 233 g/mol. The predicted octanol–water partition coefficient (Wildman–Crippen LogP) is 0.803. The molecule has 1 aromatic carbocycles. The fourth-order valence-corrected chi connectivity index (χ4v) is 1.15. The van der Waals surface area contributed by atoms with Gasteiger partial charge in [-0.15, -0.1) is 0 Å². The molecule has 90 valence electrons. The van der Waals surface area contributed by atoms with Gasteiger partial charge >= 0.3 is 5.97 Å². The minimum atomic E-state index is -0.377. The lowest BCUT2D eigenvalue weighted by atomic mass is 10.1. The van der Waals surface area contributed by atoms with Crippen LogP contribution in [0.25, 0.3) is 0 Å². The van der Waals surface area contributed by atoms with E-state index in [1.54, 1.807) is 24.3 Å². The van der Waals surface area contributed by atoms with Crippen molar-refractivity contribution in [2.24, 2.45) is 16.5 Å². The van der Waals surface area contributed by atoms with Crippen LogP contribution in [-0.4, -0.2) is 18.5 Å². The second-order valence-corrected chi connectivity index (χ2v) is 3.33. The van der Waals surface area contributed by atoms with E-state index in [0.717, 1.165) is 5.56 Å². The highest BCUT2D eigenvalue weighted by Crippen LogP contribution is 2.07. The Hall–Kier alpha value is -2.30. The third-order valence-electron chi connectivity index (χ3n) is 1.97. The molecule has 17 heavy (non-hydrogen) atoms. The van der Waals surface area contributed by atoms with E-state index >= 15 is 0 Å². The number of carbonyl (C=O) groups is 1. The van der Waals surface area contributed by atoms with Crippen molar-refractivity contribution in [2.75, 3.05) is 6.61 Å². The zero-order valence-corrected chi connectivity index (χ0v) is 9.43. The third kappa shape index (κ3) is 4.38. The van der Waals surface area contributed by atoms with Crippen molar-refractivity contribution in [2.45, 2.75) is 6.54 Å². The van der Waals surface area contributed by atoms with Crippen molar-refractivity contribution >= 4 is 11.9 Å². The van der Waals surface area contributed by atoms with E-state index in [9.17, 15) is 4.79 Å². The number of hydrogen-bond donors (Lipinski definition) is 2. The summed E-state index contributed by atoms with van der Waals surface area (Å²) < 4.78 is 4.89. The summed E-state index contributed by atoms with van der Waals surface area (Å²) in [5.74, 6) is -0.335. The fourth-order valence-electron chi connectivity index (χ4n) is 1.15. The molecule has 0 fully saturated rings. The SMILES string of the molecule is C=CCOC(=O)c1ccc(CN=C(N)N)cc1. The Morgan fingerprint density at radius 2 is 2.00 bits per heavy atom. The Morgan fingerprint density at radius 3 is 2.53 bits per heavy atom. The second kappa shape index (κ2) is 6.32. The van der Waals surface area contributed by atoms with Crippen molar-refractivity contribution in [1.82, 2.24) is 0 Å². The molecule has 0 saturated heterocycles. The Bertz CT molecular complexity index is 420. The Kier molecular flexibility index (Phi) is 4.75. The van der Waals surface area contributed by atoms with Crippen molar-refractivity contribution in [1.29, 1.82) is 0 Å². The summed E-state index contributed by atoms with van der Waals surface area (Å²) in [6.07, 6.45) is 1.52. The lowest BCUT2D eigenvalue weighted by Gasteiger charge is -2.02. The molecule has 1 rings (SSSR count). The smallest absolute Gasteiger partial charge is 0.338 e. The van der Waals surface area contributed by atoms with E-state index in [4.69, 9.17) is 16.2 Å². The summed E-state index contributed by atoms with van der Waals surface area (Å²) in [7, 11) is 0. The van der Waals surface area contributed by atoms with E-state index in [1.807, 2.05) is 0 Å². The molecule has 0 spiro atoms. The van der Waals surface area contributed by atoms with Crippen molar-refractivity contribution in [3.05, 3.63) is 48.0 Å². The van der Waals surface area contributed by atoms with Gasteiger partial charge in [0.15, 0.2) is 5.96 Å². The number of benzene rings is 1. The van der Waals surface area contributed by atoms with E-state index in [0.29, 0.717) is 12.1 Å². The predicted molar refractivity (Wildman–Crippen MR) is 66.4 cm³/mol. The standard InChI is InChI=1S/C12H15N3O2/c1-2-7-17-11(16)10-5-3-9(4-6-10)8-15-12(13)14/h2-6H,1,7-8H2,(H4,13,14,15). The van der Waals surface area contributed by atoms with Gasteiger partial charge in [-0.1, -0.05) is 24.8 Å². The maximum absolute atomic E-state index is 11.4. The molecule has 1 aromatic rings. The molecule has 0 atom stereocenters. The van der Waals surface area contributed by atoms with Crippen molar-refractivity contribution < 1.29 is 9.53 Å². The van der Waals surface area contributed by atoms with E-state index in [-0.39, 0.29) is 18.5 Å². The summed E-state index contributed by atoms with van der Waals surface area (Å²) in [5.41, 5.74) is 11.8. The summed E-state index contributed by atoms with van der Waals surface area (Å²) in [4.78, 5) is 15.3. The molecular formula is C12H15N3O2. The molecule has 0 aromatic heterocycles. The molecule has 0 aliphatic rings. The summed E-state index contributed by atoms with van der Waals surface area (Å²) >= 11 is 0. The van der Waals surface area contributed by atoms with Crippen LogP contribution in [0.1, 0.15) is 15.9 Å². The van der Waals surface area contributed by atoms with Crippen LogP contribution in [-0.2, 0) is 11.3 Å². The van der Waals surface area contributed by atoms with Crippen LogP contribution >= 0.6 is 0 Å². The summed E-state index contributed by atoms with van der Waals surface area (Å²) in [6.45, 7) is 4.06. The topological polar surface area (TPSA) is 90.7 Å². The molecule has 0 aliphatic heterocycles. The molecule has 0 radical (unpaired) electrons. The first-order chi connectivity index (χ1) is 8.13. The van der Waals surface area contributed by atoms with Gasteiger partial charge in [-0.25, -0.2) is 9.79 Å². The number of nitrogens with two attached hydrogens (primary N) is 2. The van der Waals surface area contributed by atoms with Gasteiger partial charge in [-0.2, -0.15) is 0 Å². The van der Waals surface area contributed by atoms with Gasteiger partial charge in [0.05, 0.1) is 12.1 Å². The highest BCUT2D eigenvalue weighted by Gasteiger charge is 2.05. The van der Waals surface area contributed by atoms with Gasteiger partial charge < -0.3 is 16.2 Å². The first kappa shape index (κ1) is 12.8. The Morgan fingerprint density at radius 1 is 1.35 bits per heavy atom. The Balaban J connectivity index is 2.64. The van der Waals surface area contributed by atoms with Crippen molar-refractivity contribution in [3.63, 3.8) is 0 Å². The first-order valence-corrected chi connectivity index (χ1v) is 5.06. The zero-order valence-electron chi connectivity index (χ0n) is 9.43. The van der Waals surface area contributed by atoms with Crippen LogP contribution in [0.15, 0.2) is 41.9 Å². The number of carbonyl (C=O) groups excluding carboxylic acids is 1. The van der Waals surface area contributed by atoms with Gasteiger partial charge in [0, 0.05) is 0 Å². The van der Waals surface area contributed by atoms with Gasteiger partial charge in [-0.05, 0) is 17.7 Å². The number of aliphatic imine (C=N–C) groups is 1. The molecule has 0 heterocycles. The van der Waals surface area contributed by atoms with Gasteiger partial charge in [0.2, 0.25) is 0 Å². The van der Waals surface area contributed by atoms with Gasteiger partial charge in [-0.3, -0.25) is 0 Å². The number of esters is 1. The molecular weight excluding hydrogens is 218 g/mol. The van der Waals surface area contributed by atoms with Crippen LogP contribution in [0.3, 0.4) is 0 Å². The van der Waals surface area contributed by atoms with Crippen LogP contribution in [0.2, 0.25) is 0 Å². The quantitative estimate of drug-likeness (QED) is 0.340. The molecule has 5 heteroatoms. The monoisotopic (exact) mass is 233 g/mol. The minimum absolute atomic E-state index is 0.0412. The minimum Gasteiger partial charge on any atom is -0.458 e. The van der Waals surface area contributed by atoms with E-state index in [2.05, 4.69) is 11.6 Å². The van der Waals surface area contributed by atoms with Crippen LogP contribution in [0.4, 0.5) is 0 Å². The number of rotatable bonds is 5. The van der Waals surface area contributed by atoms with Gasteiger partial charge in [0.25, 0.3) is 0 Å². The number of guanidine groups is 1. The molecule has 4 N–H and O–H groups in total. The largest absolute Gasteiger partial charge is 0.458 e. The highest BCUT2D eigenvalue weighted by molar-refractivity contribution is 5.89. The molecule has 0 amide bonds. The van der Waals surface area contributed by atoms with Crippen LogP contribution < -0.4 is 11.5 Å². The van der Waals surface area contributed by atoms with E-state index in [1.165, 1.54) is 6.08 Å². The molecule has 0 aliphatic carbocycles. The van der Waals surface area contributed by atoms with Crippen LogP contribution in [0, 0.1) is 0 Å². The maximum Gasteiger partial charge on any atom is 0.338 e. The maximum atomic E-state index is 11.4. The Labute approximate surface area is 99.8 Å². The van der Waals surface area contributed by atoms with Crippen LogP contribution in [0.5, 0.6) is 0 Å².